The second-order valence-electron chi connectivity index (χ2n) is 7.45. The van der Waals surface area contributed by atoms with Crippen LogP contribution in [0, 0.1) is 17.0 Å². The van der Waals surface area contributed by atoms with E-state index in [0.717, 1.165) is 5.56 Å². The number of carbonyl (C=O) groups is 1. The van der Waals surface area contributed by atoms with Gasteiger partial charge in [0.2, 0.25) is 5.91 Å². The van der Waals surface area contributed by atoms with Crippen molar-refractivity contribution in [3.05, 3.63) is 91.3 Å². The molecule has 2 heterocycles. The number of fused-ring (bicyclic) bond motifs is 1. The van der Waals surface area contributed by atoms with Gasteiger partial charge in [-0.1, -0.05) is 53.7 Å². The summed E-state index contributed by atoms with van der Waals surface area (Å²) in [6, 6.07) is 14.1. The quantitative estimate of drug-likeness (QED) is 0.282. The van der Waals surface area contributed by atoms with Crippen LogP contribution in [0.4, 0.5) is 11.5 Å². The molecule has 9 heteroatoms. The number of aryl methyl sites for hydroxylation is 1. The second-order valence-corrected chi connectivity index (χ2v) is 8.39. The molecular weight excluding hydrogens is 416 g/mol. The molecule has 0 bridgehead atoms. The number of hydrogen-bond acceptors (Lipinski definition) is 6. The second kappa shape index (κ2) is 8.35. The Labute approximate surface area is 182 Å². The standard InChI is InChI=1S/C22H20N4O4S/c1-13-3-5-14(6-4-13)12-31-22-24-21(28)19-17(11-18(27)23-20(19)25(22)2)15-7-9-16(10-8-15)26(29)30/h3-10,17H,11-12H2,1-2H3,(H,23,27). The molecule has 0 saturated carbocycles. The maximum atomic E-state index is 13.0. The van der Waals surface area contributed by atoms with Crippen LogP contribution in [0.1, 0.15) is 34.6 Å². The molecule has 1 unspecified atom stereocenters. The number of non-ortho nitro benzene ring substituents is 1. The van der Waals surface area contributed by atoms with E-state index in [9.17, 15) is 19.7 Å². The minimum atomic E-state index is -0.507. The third-order valence-corrected chi connectivity index (χ3v) is 6.40. The molecule has 1 aromatic heterocycles. The predicted molar refractivity (Wildman–Crippen MR) is 118 cm³/mol. The third-order valence-electron chi connectivity index (χ3n) is 5.30. The zero-order valence-corrected chi connectivity index (χ0v) is 17.8. The lowest BCUT2D eigenvalue weighted by molar-refractivity contribution is -0.384. The average molecular weight is 436 g/mol. The van der Waals surface area contributed by atoms with Crippen LogP contribution in [0.3, 0.4) is 0 Å². The number of aromatic nitrogens is 2. The van der Waals surface area contributed by atoms with E-state index in [1.807, 2.05) is 31.2 Å². The Kier molecular flexibility index (Phi) is 5.60. The summed E-state index contributed by atoms with van der Waals surface area (Å²) in [6.07, 6.45) is 0.0809. The molecule has 0 saturated heterocycles. The van der Waals surface area contributed by atoms with E-state index >= 15 is 0 Å². The van der Waals surface area contributed by atoms with E-state index in [1.54, 1.807) is 23.7 Å². The number of amides is 1. The SMILES string of the molecule is Cc1ccc(CSc2nc(=O)c3c(n2C)NC(=O)CC3c2ccc([N+](=O)[O-])cc2)cc1. The lowest BCUT2D eigenvalue weighted by Gasteiger charge is -2.27. The summed E-state index contributed by atoms with van der Waals surface area (Å²) in [5.74, 6) is 0.337. The van der Waals surface area contributed by atoms with Crippen molar-refractivity contribution in [2.75, 3.05) is 5.32 Å². The van der Waals surface area contributed by atoms with Crippen LogP contribution in [0.5, 0.6) is 0 Å². The average Bonchev–Trinajstić information content (AvgIpc) is 2.75. The molecule has 1 atom stereocenters. The summed E-state index contributed by atoms with van der Waals surface area (Å²) in [7, 11) is 1.77. The Balaban J connectivity index is 1.68. The molecule has 1 aliphatic rings. The van der Waals surface area contributed by atoms with Crippen LogP contribution >= 0.6 is 11.8 Å². The molecule has 0 aliphatic carbocycles. The van der Waals surface area contributed by atoms with Crippen LogP contribution in [-0.4, -0.2) is 20.4 Å². The van der Waals surface area contributed by atoms with Crippen molar-refractivity contribution in [2.24, 2.45) is 7.05 Å². The van der Waals surface area contributed by atoms with E-state index in [4.69, 9.17) is 0 Å². The van der Waals surface area contributed by atoms with Crippen LogP contribution < -0.4 is 10.9 Å². The molecule has 31 heavy (non-hydrogen) atoms. The number of nitrogens with one attached hydrogen (secondary N) is 1. The van der Waals surface area contributed by atoms with E-state index in [0.29, 0.717) is 27.9 Å². The summed E-state index contributed by atoms with van der Waals surface area (Å²) < 4.78 is 1.73. The van der Waals surface area contributed by atoms with Crippen molar-refractivity contribution in [3.63, 3.8) is 0 Å². The van der Waals surface area contributed by atoms with Gasteiger partial charge in [0.05, 0.1) is 10.5 Å². The van der Waals surface area contributed by atoms with Crippen LogP contribution in [-0.2, 0) is 17.6 Å². The number of carbonyl (C=O) groups excluding carboxylic acids is 1. The number of hydrogen-bond donors (Lipinski definition) is 1. The van der Waals surface area contributed by atoms with Gasteiger partial charge in [0, 0.05) is 37.3 Å². The zero-order chi connectivity index (χ0) is 22.1. The lowest BCUT2D eigenvalue weighted by atomic mass is 9.86. The highest BCUT2D eigenvalue weighted by Crippen LogP contribution is 2.36. The van der Waals surface area contributed by atoms with Gasteiger partial charge in [-0.15, -0.1) is 0 Å². The summed E-state index contributed by atoms with van der Waals surface area (Å²) >= 11 is 1.42. The normalized spacial score (nSPS) is 15.3. The fourth-order valence-electron chi connectivity index (χ4n) is 3.61. The smallest absolute Gasteiger partial charge is 0.279 e. The first-order valence-corrected chi connectivity index (χ1v) is 10.7. The summed E-state index contributed by atoms with van der Waals surface area (Å²) in [5.41, 5.74) is 2.90. The molecule has 4 rings (SSSR count). The maximum absolute atomic E-state index is 13.0. The molecule has 3 aromatic rings. The van der Waals surface area contributed by atoms with Gasteiger partial charge in [-0.2, -0.15) is 4.98 Å². The van der Waals surface area contributed by atoms with Crippen LogP contribution in [0.2, 0.25) is 0 Å². The predicted octanol–water partition coefficient (Wildman–Crippen LogP) is 3.76. The number of nitro groups is 1. The monoisotopic (exact) mass is 436 g/mol. The van der Waals surface area contributed by atoms with Crippen LogP contribution in [0.25, 0.3) is 0 Å². The van der Waals surface area contributed by atoms with Gasteiger partial charge in [0.15, 0.2) is 5.16 Å². The lowest BCUT2D eigenvalue weighted by Crippen LogP contribution is -2.33. The number of rotatable bonds is 5. The molecule has 0 fully saturated rings. The van der Waals surface area contributed by atoms with E-state index in [-0.39, 0.29) is 18.0 Å². The van der Waals surface area contributed by atoms with Gasteiger partial charge in [-0.3, -0.25) is 19.7 Å². The molecule has 158 valence electrons. The number of nitro benzene ring substituents is 1. The molecule has 2 aromatic carbocycles. The third kappa shape index (κ3) is 4.22. The summed E-state index contributed by atoms with van der Waals surface area (Å²) in [4.78, 5) is 40.1. The summed E-state index contributed by atoms with van der Waals surface area (Å²) in [5, 5.41) is 14.2. The van der Waals surface area contributed by atoms with Gasteiger partial charge in [-0.25, -0.2) is 0 Å². The van der Waals surface area contributed by atoms with E-state index in [1.165, 1.54) is 29.5 Å². The highest BCUT2D eigenvalue weighted by Gasteiger charge is 2.32. The molecule has 1 aliphatic heterocycles. The Morgan fingerprint density at radius 3 is 2.48 bits per heavy atom. The largest absolute Gasteiger partial charge is 0.312 e. The Bertz CT molecular complexity index is 1220. The van der Waals surface area contributed by atoms with Gasteiger partial charge in [-0.05, 0) is 18.1 Å². The van der Waals surface area contributed by atoms with E-state index < -0.39 is 16.4 Å². The first-order valence-electron chi connectivity index (χ1n) is 9.67. The van der Waals surface area contributed by atoms with Crippen molar-refractivity contribution in [3.8, 4) is 0 Å². The first-order chi connectivity index (χ1) is 14.8. The molecule has 1 amide bonds. The molecule has 8 nitrogen and oxygen atoms in total. The van der Waals surface area contributed by atoms with Crippen molar-refractivity contribution in [2.45, 2.75) is 30.2 Å². The number of nitrogens with zero attached hydrogens (tertiary/aromatic N) is 3. The number of anilines is 1. The maximum Gasteiger partial charge on any atom is 0.279 e. The molecule has 0 spiro atoms. The minimum Gasteiger partial charge on any atom is -0.312 e. The van der Waals surface area contributed by atoms with Crippen molar-refractivity contribution < 1.29 is 9.72 Å². The molecular formula is C22H20N4O4S. The van der Waals surface area contributed by atoms with Gasteiger partial charge < -0.3 is 9.88 Å². The topological polar surface area (TPSA) is 107 Å². The highest BCUT2D eigenvalue weighted by atomic mass is 32.2. The van der Waals surface area contributed by atoms with Gasteiger partial charge >= 0.3 is 0 Å². The highest BCUT2D eigenvalue weighted by molar-refractivity contribution is 7.98. The van der Waals surface area contributed by atoms with Crippen molar-refractivity contribution in [1.29, 1.82) is 0 Å². The number of benzene rings is 2. The Morgan fingerprint density at radius 2 is 1.84 bits per heavy atom. The van der Waals surface area contributed by atoms with E-state index in [2.05, 4.69) is 10.3 Å². The Hall–Kier alpha value is -3.46. The molecule has 1 N–H and O–H groups in total. The van der Waals surface area contributed by atoms with Gasteiger partial charge in [0.25, 0.3) is 11.2 Å². The summed E-state index contributed by atoms with van der Waals surface area (Å²) in [6.45, 7) is 2.02. The number of thioether (sulfide) groups is 1. The van der Waals surface area contributed by atoms with Crippen molar-refractivity contribution >= 4 is 29.2 Å². The van der Waals surface area contributed by atoms with Crippen molar-refractivity contribution in [1.82, 2.24) is 9.55 Å². The van der Waals surface area contributed by atoms with Crippen LogP contribution in [0.15, 0.2) is 58.5 Å². The molecule has 0 radical (unpaired) electrons. The minimum absolute atomic E-state index is 0.0434. The Morgan fingerprint density at radius 1 is 1.16 bits per heavy atom. The van der Waals surface area contributed by atoms with Gasteiger partial charge in [0.1, 0.15) is 5.82 Å². The fraction of sp³-hybridized carbons (Fsp3) is 0.227. The zero-order valence-electron chi connectivity index (χ0n) is 17.0. The fourth-order valence-corrected chi connectivity index (χ4v) is 4.53. The first kappa shape index (κ1) is 20.8.